The standard InChI is InChI=1S/C10H9ClN4O5S/c1-4-8(10(17)15-12-4)14-13-6-2-5(11)3-7(9(6)16)21(18,19)20/h2-3,16H,1H3,(H2,12,15,17)(H,18,19,20). The Kier molecular flexibility index (Phi) is 3.85. The zero-order chi connectivity index (χ0) is 15.8. The van der Waals surface area contributed by atoms with E-state index in [9.17, 15) is 18.3 Å². The monoisotopic (exact) mass is 332 g/mol. The van der Waals surface area contributed by atoms with Crippen LogP contribution in [0.2, 0.25) is 5.02 Å². The van der Waals surface area contributed by atoms with Crippen LogP contribution in [0.15, 0.2) is 32.1 Å². The zero-order valence-electron chi connectivity index (χ0n) is 10.5. The number of rotatable bonds is 3. The van der Waals surface area contributed by atoms with Gasteiger partial charge in [0, 0.05) is 5.02 Å². The van der Waals surface area contributed by atoms with Gasteiger partial charge >= 0.3 is 0 Å². The summed E-state index contributed by atoms with van der Waals surface area (Å²) in [6, 6.07) is 1.99. The number of nitrogens with zero attached hydrogens (tertiary/aromatic N) is 2. The lowest BCUT2D eigenvalue weighted by Crippen LogP contribution is -1.98. The van der Waals surface area contributed by atoms with Crippen LogP contribution in [0.1, 0.15) is 5.69 Å². The van der Waals surface area contributed by atoms with E-state index in [2.05, 4.69) is 20.4 Å². The maximum Gasteiger partial charge on any atom is 0.298 e. The molecule has 0 saturated heterocycles. The fourth-order valence-corrected chi connectivity index (χ4v) is 2.40. The van der Waals surface area contributed by atoms with E-state index in [1.54, 1.807) is 6.92 Å². The number of hydrogen-bond acceptors (Lipinski definition) is 6. The first-order valence-electron chi connectivity index (χ1n) is 5.39. The summed E-state index contributed by atoms with van der Waals surface area (Å²) in [7, 11) is -4.68. The Labute approximate surface area is 123 Å². The molecule has 1 heterocycles. The summed E-state index contributed by atoms with van der Waals surface area (Å²) >= 11 is 5.69. The van der Waals surface area contributed by atoms with E-state index in [-0.39, 0.29) is 16.4 Å². The van der Waals surface area contributed by atoms with Gasteiger partial charge in [0.1, 0.15) is 10.6 Å². The quantitative estimate of drug-likeness (QED) is 0.501. The van der Waals surface area contributed by atoms with Crippen molar-refractivity contribution >= 4 is 33.1 Å². The van der Waals surface area contributed by atoms with Crippen LogP contribution in [0.3, 0.4) is 0 Å². The van der Waals surface area contributed by atoms with Gasteiger partial charge in [-0.3, -0.25) is 14.4 Å². The Bertz CT molecular complexity index is 883. The normalized spacial score (nSPS) is 12.1. The molecule has 9 nitrogen and oxygen atoms in total. The third-order valence-corrected chi connectivity index (χ3v) is 3.57. The van der Waals surface area contributed by atoms with Crippen molar-refractivity contribution in [1.29, 1.82) is 0 Å². The number of phenolic OH excluding ortho intramolecular Hbond substituents is 1. The number of hydrogen-bond donors (Lipinski definition) is 4. The number of halogens is 1. The van der Waals surface area contributed by atoms with Crippen molar-refractivity contribution in [2.75, 3.05) is 0 Å². The molecule has 0 aliphatic carbocycles. The van der Waals surface area contributed by atoms with E-state index in [4.69, 9.17) is 16.2 Å². The van der Waals surface area contributed by atoms with Gasteiger partial charge in [-0.1, -0.05) is 11.6 Å². The summed E-state index contributed by atoms with van der Waals surface area (Å²) in [5, 5.41) is 21.7. The van der Waals surface area contributed by atoms with Crippen molar-refractivity contribution in [2.24, 2.45) is 10.2 Å². The molecule has 1 aromatic heterocycles. The number of aromatic amines is 2. The molecule has 0 radical (unpaired) electrons. The van der Waals surface area contributed by atoms with Gasteiger partial charge in [-0.05, 0) is 19.1 Å². The average Bonchev–Trinajstić information content (AvgIpc) is 2.68. The summed E-state index contributed by atoms with van der Waals surface area (Å²) < 4.78 is 31.2. The van der Waals surface area contributed by atoms with Gasteiger partial charge in [0.15, 0.2) is 11.4 Å². The SMILES string of the molecule is Cc1[nH][nH]c(=O)c1N=Nc1cc(Cl)cc(S(=O)(=O)O)c1O. The van der Waals surface area contributed by atoms with Crippen LogP contribution in [0.4, 0.5) is 11.4 Å². The molecule has 0 atom stereocenters. The Hall–Kier alpha value is -2.17. The second-order valence-electron chi connectivity index (χ2n) is 4.00. The molecule has 2 aromatic rings. The highest BCUT2D eigenvalue weighted by atomic mass is 35.5. The molecule has 0 fully saturated rings. The topological polar surface area (TPSA) is 148 Å². The Morgan fingerprint density at radius 3 is 2.43 bits per heavy atom. The van der Waals surface area contributed by atoms with Crippen LogP contribution in [0, 0.1) is 6.92 Å². The predicted octanol–water partition coefficient (Wildman–Crippen LogP) is 2.03. The highest BCUT2D eigenvalue weighted by Crippen LogP contribution is 2.37. The number of H-pyrrole nitrogens is 2. The fraction of sp³-hybridized carbons (Fsp3) is 0.100. The van der Waals surface area contributed by atoms with Crippen molar-refractivity contribution < 1.29 is 18.1 Å². The van der Waals surface area contributed by atoms with Gasteiger partial charge in [-0.2, -0.15) is 8.42 Å². The average molecular weight is 333 g/mol. The van der Waals surface area contributed by atoms with Crippen molar-refractivity contribution in [3.05, 3.63) is 33.2 Å². The Morgan fingerprint density at radius 2 is 1.90 bits per heavy atom. The van der Waals surface area contributed by atoms with Crippen LogP contribution in [0.5, 0.6) is 5.75 Å². The maximum absolute atomic E-state index is 11.4. The molecule has 0 aliphatic rings. The molecule has 21 heavy (non-hydrogen) atoms. The molecular formula is C10H9ClN4O5S. The van der Waals surface area contributed by atoms with E-state index < -0.39 is 26.3 Å². The number of azo groups is 1. The minimum absolute atomic E-state index is 0.0391. The molecule has 2 rings (SSSR count). The van der Waals surface area contributed by atoms with Gasteiger partial charge in [-0.15, -0.1) is 10.2 Å². The van der Waals surface area contributed by atoms with E-state index in [1.165, 1.54) is 0 Å². The highest BCUT2D eigenvalue weighted by molar-refractivity contribution is 7.86. The lowest BCUT2D eigenvalue weighted by Gasteiger charge is -2.04. The summed E-state index contributed by atoms with van der Waals surface area (Å²) in [4.78, 5) is 10.6. The Morgan fingerprint density at radius 1 is 1.24 bits per heavy atom. The predicted molar refractivity (Wildman–Crippen MR) is 73.3 cm³/mol. The summed E-state index contributed by atoms with van der Waals surface area (Å²) in [6.07, 6.45) is 0. The molecule has 1 aromatic carbocycles. The third kappa shape index (κ3) is 3.12. The molecule has 0 bridgehead atoms. The van der Waals surface area contributed by atoms with E-state index in [0.29, 0.717) is 5.69 Å². The van der Waals surface area contributed by atoms with E-state index in [0.717, 1.165) is 12.1 Å². The molecule has 0 aliphatic heterocycles. The Balaban J connectivity index is 2.56. The smallest absolute Gasteiger partial charge is 0.298 e. The minimum Gasteiger partial charge on any atom is -0.504 e. The van der Waals surface area contributed by atoms with Crippen molar-refractivity contribution in [3.8, 4) is 5.75 Å². The molecule has 112 valence electrons. The molecule has 0 amide bonds. The summed E-state index contributed by atoms with van der Waals surface area (Å²) in [6.45, 7) is 1.56. The van der Waals surface area contributed by atoms with E-state index >= 15 is 0 Å². The molecular weight excluding hydrogens is 324 g/mol. The first kappa shape index (κ1) is 15.2. The highest BCUT2D eigenvalue weighted by Gasteiger charge is 2.20. The molecule has 0 unspecified atom stereocenters. The third-order valence-electron chi connectivity index (χ3n) is 2.49. The first-order chi connectivity index (χ1) is 9.70. The van der Waals surface area contributed by atoms with Gasteiger partial charge in [0.25, 0.3) is 15.7 Å². The zero-order valence-corrected chi connectivity index (χ0v) is 12.0. The number of benzene rings is 1. The largest absolute Gasteiger partial charge is 0.504 e. The van der Waals surface area contributed by atoms with Crippen molar-refractivity contribution in [1.82, 2.24) is 10.2 Å². The maximum atomic E-state index is 11.4. The number of nitrogens with one attached hydrogen (secondary N) is 2. The molecule has 0 spiro atoms. The van der Waals surface area contributed by atoms with Crippen LogP contribution >= 0.6 is 11.6 Å². The number of aryl methyl sites for hydroxylation is 1. The molecule has 4 N–H and O–H groups in total. The van der Waals surface area contributed by atoms with Gasteiger partial charge < -0.3 is 10.2 Å². The second kappa shape index (κ2) is 5.31. The van der Waals surface area contributed by atoms with Gasteiger partial charge in [-0.25, -0.2) is 0 Å². The lowest BCUT2D eigenvalue weighted by molar-refractivity contribution is 0.444. The van der Waals surface area contributed by atoms with Gasteiger partial charge in [0.05, 0.1) is 5.69 Å². The van der Waals surface area contributed by atoms with Crippen LogP contribution in [-0.2, 0) is 10.1 Å². The summed E-state index contributed by atoms with van der Waals surface area (Å²) in [5.74, 6) is -0.824. The summed E-state index contributed by atoms with van der Waals surface area (Å²) in [5.41, 5.74) is -0.481. The van der Waals surface area contributed by atoms with E-state index in [1.807, 2.05) is 0 Å². The van der Waals surface area contributed by atoms with Crippen molar-refractivity contribution in [2.45, 2.75) is 11.8 Å². The molecule has 0 saturated carbocycles. The minimum atomic E-state index is -4.68. The molecule has 11 heteroatoms. The fourth-order valence-electron chi connectivity index (χ4n) is 1.50. The van der Waals surface area contributed by atoms with Gasteiger partial charge in [0.2, 0.25) is 0 Å². The van der Waals surface area contributed by atoms with Crippen LogP contribution < -0.4 is 5.56 Å². The number of aromatic nitrogens is 2. The first-order valence-corrected chi connectivity index (χ1v) is 7.21. The number of aromatic hydroxyl groups is 1. The lowest BCUT2D eigenvalue weighted by atomic mass is 10.3. The van der Waals surface area contributed by atoms with Crippen LogP contribution in [-0.4, -0.2) is 28.3 Å². The van der Waals surface area contributed by atoms with Crippen molar-refractivity contribution in [3.63, 3.8) is 0 Å². The second-order valence-corrected chi connectivity index (χ2v) is 5.83. The number of phenols is 1. The van der Waals surface area contributed by atoms with Crippen LogP contribution in [0.25, 0.3) is 0 Å².